The van der Waals surface area contributed by atoms with Crippen LogP contribution in [0, 0.1) is 6.92 Å². The first-order valence-electron chi connectivity index (χ1n) is 9.41. The fraction of sp³-hybridized carbons (Fsp3) is 0.476. The third-order valence-corrected chi connectivity index (χ3v) is 7.21. The number of halogens is 1. The summed E-state index contributed by atoms with van der Waals surface area (Å²) in [5.74, 6) is 0.982. The van der Waals surface area contributed by atoms with Gasteiger partial charge in [-0.25, -0.2) is 5.01 Å². The molecule has 0 N–H and O–H groups in total. The van der Waals surface area contributed by atoms with Crippen LogP contribution in [0.15, 0.2) is 39.9 Å². The second-order valence-corrected chi connectivity index (χ2v) is 10.5. The molecule has 2 aromatic rings. The third kappa shape index (κ3) is 2.93. The first kappa shape index (κ1) is 17.7. The van der Waals surface area contributed by atoms with Crippen molar-refractivity contribution in [3.8, 4) is 5.75 Å². The van der Waals surface area contributed by atoms with E-state index in [1.54, 1.807) is 0 Å². The Morgan fingerprint density at radius 1 is 1.26 bits per heavy atom. The van der Waals surface area contributed by atoms with E-state index < -0.39 is 5.72 Å². The summed E-state index contributed by atoms with van der Waals surface area (Å²) in [6, 6.07) is 10.9. The molecule has 1 saturated heterocycles. The molecule has 3 aliphatic rings. The summed E-state index contributed by atoms with van der Waals surface area (Å²) in [6.45, 7) is 7.12. The SMILES string of the molecule is Cc1ccc(C2=NN3[C@@H](C2)c2cc(Br)ccc2O[C@]32CCOC(C)(C)C2)s1. The van der Waals surface area contributed by atoms with Gasteiger partial charge in [-0.3, -0.25) is 0 Å². The normalized spacial score (nSPS) is 28.5. The topological polar surface area (TPSA) is 34.1 Å². The van der Waals surface area contributed by atoms with Crippen molar-refractivity contribution in [3.05, 3.63) is 50.1 Å². The van der Waals surface area contributed by atoms with Crippen LogP contribution in [-0.2, 0) is 4.74 Å². The van der Waals surface area contributed by atoms with E-state index in [9.17, 15) is 0 Å². The Balaban J connectivity index is 1.62. The van der Waals surface area contributed by atoms with E-state index in [1.807, 2.05) is 11.3 Å². The zero-order valence-corrected chi connectivity index (χ0v) is 18.2. The lowest BCUT2D eigenvalue weighted by molar-refractivity contribution is -0.212. The van der Waals surface area contributed by atoms with Crippen LogP contribution in [-0.4, -0.2) is 28.7 Å². The molecule has 0 radical (unpaired) electrons. The highest BCUT2D eigenvalue weighted by Crippen LogP contribution is 2.52. The molecule has 1 aromatic carbocycles. The van der Waals surface area contributed by atoms with Crippen molar-refractivity contribution in [1.29, 1.82) is 0 Å². The van der Waals surface area contributed by atoms with Crippen molar-refractivity contribution < 1.29 is 9.47 Å². The highest BCUT2D eigenvalue weighted by Gasteiger charge is 2.54. The standard InChI is InChI=1S/C21H23BrN2O2S/c1-13-4-7-19(27-13)16-11-17-15-10-14(22)5-6-18(15)26-21(24(17)23-16)8-9-25-20(2,3)12-21/h4-7,10,17H,8-9,11-12H2,1-3H3/t17-,21-/m0/s1. The molecule has 0 bridgehead atoms. The summed E-state index contributed by atoms with van der Waals surface area (Å²) >= 11 is 5.44. The van der Waals surface area contributed by atoms with Gasteiger partial charge in [0.05, 0.1) is 28.8 Å². The van der Waals surface area contributed by atoms with Crippen molar-refractivity contribution in [3.63, 3.8) is 0 Å². The number of hydrogen-bond acceptors (Lipinski definition) is 5. The van der Waals surface area contributed by atoms with Gasteiger partial charge in [0, 0.05) is 34.2 Å². The maximum atomic E-state index is 6.68. The molecular weight excluding hydrogens is 424 g/mol. The Morgan fingerprint density at radius 2 is 2.11 bits per heavy atom. The monoisotopic (exact) mass is 446 g/mol. The van der Waals surface area contributed by atoms with Gasteiger partial charge in [-0.1, -0.05) is 15.9 Å². The van der Waals surface area contributed by atoms with Crippen LogP contribution in [0.5, 0.6) is 5.75 Å². The molecule has 1 aromatic heterocycles. The number of thiophene rings is 1. The van der Waals surface area contributed by atoms with Crippen LogP contribution in [0.25, 0.3) is 0 Å². The molecule has 2 atom stereocenters. The number of ether oxygens (including phenoxy) is 2. The van der Waals surface area contributed by atoms with E-state index >= 15 is 0 Å². The summed E-state index contributed by atoms with van der Waals surface area (Å²) < 4.78 is 13.8. The molecule has 3 aliphatic heterocycles. The molecule has 0 amide bonds. The molecule has 4 heterocycles. The molecule has 0 saturated carbocycles. The Labute approximate surface area is 172 Å². The van der Waals surface area contributed by atoms with Gasteiger partial charge in [-0.15, -0.1) is 11.3 Å². The van der Waals surface area contributed by atoms with Gasteiger partial charge in [-0.2, -0.15) is 5.10 Å². The lowest BCUT2D eigenvalue weighted by atomic mass is 9.86. The zero-order chi connectivity index (χ0) is 18.8. The molecule has 27 heavy (non-hydrogen) atoms. The highest BCUT2D eigenvalue weighted by atomic mass is 79.9. The predicted octanol–water partition coefficient (Wildman–Crippen LogP) is 5.65. The number of nitrogens with zero attached hydrogens (tertiary/aromatic N) is 2. The van der Waals surface area contributed by atoms with E-state index in [1.165, 1.54) is 15.3 Å². The van der Waals surface area contributed by atoms with E-state index in [0.29, 0.717) is 6.61 Å². The van der Waals surface area contributed by atoms with Gasteiger partial charge in [0.1, 0.15) is 5.75 Å². The number of hydrazone groups is 1. The van der Waals surface area contributed by atoms with Gasteiger partial charge in [0.15, 0.2) is 0 Å². The second kappa shape index (κ2) is 6.06. The van der Waals surface area contributed by atoms with Crippen molar-refractivity contribution in [2.45, 2.75) is 57.4 Å². The first-order chi connectivity index (χ1) is 12.9. The minimum atomic E-state index is -0.443. The molecule has 1 spiro atoms. The fourth-order valence-corrected chi connectivity index (χ4v) is 5.80. The molecular formula is C21H23BrN2O2S. The Kier molecular flexibility index (Phi) is 3.98. The molecule has 1 fully saturated rings. The predicted molar refractivity (Wildman–Crippen MR) is 112 cm³/mol. The van der Waals surface area contributed by atoms with Crippen LogP contribution in [0.2, 0.25) is 0 Å². The largest absolute Gasteiger partial charge is 0.466 e. The number of hydrogen-bond donors (Lipinski definition) is 0. The van der Waals surface area contributed by atoms with Crippen molar-refractivity contribution >= 4 is 33.0 Å². The smallest absolute Gasteiger partial charge is 0.203 e. The minimum Gasteiger partial charge on any atom is -0.466 e. The van der Waals surface area contributed by atoms with Crippen molar-refractivity contribution in [1.82, 2.24) is 5.01 Å². The minimum absolute atomic E-state index is 0.206. The van der Waals surface area contributed by atoms with E-state index in [4.69, 9.17) is 14.6 Å². The number of aryl methyl sites for hydroxylation is 1. The van der Waals surface area contributed by atoms with Crippen LogP contribution >= 0.6 is 27.3 Å². The lowest BCUT2D eigenvalue weighted by Gasteiger charge is -2.52. The van der Waals surface area contributed by atoms with Crippen LogP contribution in [0.1, 0.15) is 54.5 Å². The molecule has 0 unspecified atom stereocenters. The van der Waals surface area contributed by atoms with Gasteiger partial charge >= 0.3 is 0 Å². The maximum absolute atomic E-state index is 6.68. The average molecular weight is 447 g/mol. The first-order valence-corrected chi connectivity index (χ1v) is 11.0. The molecule has 6 heteroatoms. The highest BCUT2D eigenvalue weighted by molar-refractivity contribution is 9.10. The summed E-state index contributed by atoms with van der Waals surface area (Å²) in [6.07, 6.45) is 2.53. The summed E-state index contributed by atoms with van der Waals surface area (Å²) in [5, 5.41) is 7.38. The van der Waals surface area contributed by atoms with Crippen molar-refractivity contribution in [2.24, 2.45) is 5.10 Å². The van der Waals surface area contributed by atoms with Crippen LogP contribution in [0.4, 0.5) is 0 Å². The Morgan fingerprint density at radius 3 is 2.85 bits per heavy atom. The number of benzene rings is 1. The van der Waals surface area contributed by atoms with E-state index in [0.717, 1.165) is 35.2 Å². The molecule has 142 valence electrons. The lowest BCUT2D eigenvalue weighted by Crippen LogP contribution is -2.60. The van der Waals surface area contributed by atoms with Gasteiger partial charge in [0.2, 0.25) is 5.72 Å². The van der Waals surface area contributed by atoms with Gasteiger partial charge < -0.3 is 9.47 Å². The number of rotatable bonds is 1. The Hall–Kier alpha value is -1.37. The quantitative estimate of drug-likeness (QED) is 0.567. The number of fused-ring (bicyclic) bond motifs is 4. The summed E-state index contributed by atoms with van der Waals surface area (Å²) in [7, 11) is 0. The van der Waals surface area contributed by atoms with Crippen molar-refractivity contribution in [2.75, 3.05) is 6.61 Å². The third-order valence-electron chi connectivity index (χ3n) is 5.67. The maximum Gasteiger partial charge on any atom is 0.203 e. The Bertz CT molecular complexity index is 938. The van der Waals surface area contributed by atoms with E-state index in [-0.39, 0.29) is 11.6 Å². The van der Waals surface area contributed by atoms with Gasteiger partial charge in [-0.05, 0) is 51.1 Å². The van der Waals surface area contributed by atoms with Crippen LogP contribution in [0.3, 0.4) is 0 Å². The average Bonchev–Trinajstić information content (AvgIpc) is 3.22. The molecule has 4 nitrogen and oxygen atoms in total. The fourth-order valence-electron chi connectivity index (χ4n) is 4.56. The summed E-state index contributed by atoms with van der Waals surface area (Å²) in [5.41, 5.74) is 1.71. The molecule has 0 aliphatic carbocycles. The zero-order valence-electron chi connectivity index (χ0n) is 15.8. The van der Waals surface area contributed by atoms with Gasteiger partial charge in [0.25, 0.3) is 0 Å². The second-order valence-electron chi connectivity index (χ2n) is 8.29. The van der Waals surface area contributed by atoms with E-state index in [2.05, 4.69) is 72.0 Å². The van der Waals surface area contributed by atoms with Crippen LogP contribution < -0.4 is 4.74 Å². The molecule has 5 rings (SSSR count). The summed E-state index contributed by atoms with van der Waals surface area (Å²) in [4.78, 5) is 2.58.